The van der Waals surface area contributed by atoms with Gasteiger partial charge in [-0.3, -0.25) is 0 Å². The lowest BCUT2D eigenvalue weighted by molar-refractivity contribution is 0.322. The maximum atomic E-state index is 12.9. The summed E-state index contributed by atoms with van der Waals surface area (Å²) in [6.07, 6.45) is 1.65. The number of allylic oxidation sites excluding steroid dienone is 1. The second-order valence-corrected chi connectivity index (χ2v) is 3.15. The molecule has 1 aromatic heterocycles. The number of halogens is 2. The van der Waals surface area contributed by atoms with Gasteiger partial charge in [-0.15, -0.1) is 11.8 Å². The van der Waals surface area contributed by atoms with Crippen LogP contribution in [0.1, 0.15) is 12.7 Å². The third kappa shape index (κ3) is 1.39. The smallest absolute Gasteiger partial charge is 0.316 e. The molecule has 0 atom stereocenters. The Morgan fingerprint density at radius 2 is 2.08 bits per heavy atom. The largest absolute Gasteiger partial charge is 0.428 e. The SMILES string of the molecule is C=C(C)c1oc(F)c(F)c1SC. The van der Waals surface area contributed by atoms with Crippen molar-refractivity contribution in [2.45, 2.75) is 11.8 Å². The van der Waals surface area contributed by atoms with Crippen LogP contribution in [0.15, 0.2) is 15.9 Å². The highest BCUT2D eigenvalue weighted by Gasteiger charge is 2.19. The lowest BCUT2D eigenvalue weighted by atomic mass is 10.3. The van der Waals surface area contributed by atoms with Crippen molar-refractivity contribution in [3.8, 4) is 0 Å². The zero-order valence-electron chi connectivity index (χ0n) is 6.78. The quantitative estimate of drug-likeness (QED) is 0.663. The summed E-state index contributed by atoms with van der Waals surface area (Å²) in [4.78, 5) is 0.181. The Bertz CT molecular complexity index is 317. The van der Waals surface area contributed by atoms with Gasteiger partial charge in [-0.1, -0.05) is 6.58 Å². The molecule has 0 saturated carbocycles. The first-order valence-corrected chi connectivity index (χ1v) is 4.48. The number of furan rings is 1. The minimum Gasteiger partial charge on any atom is -0.428 e. The normalized spacial score (nSPS) is 10.3. The molecule has 0 amide bonds. The van der Waals surface area contributed by atoms with Gasteiger partial charge in [0.25, 0.3) is 0 Å². The Balaban J connectivity index is 3.29. The van der Waals surface area contributed by atoms with Crippen LogP contribution in [0.5, 0.6) is 0 Å². The monoisotopic (exact) mass is 190 g/mol. The molecule has 0 radical (unpaired) electrons. The lowest BCUT2D eigenvalue weighted by Crippen LogP contribution is -1.78. The van der Waals surface area contributed by atoms with E-state index >= 15 is 0 Å². The zero-order valence-corrected chi connectivity index (χ0v) is 7.60. The summed E-state index contributed by atoms with van der Waals surface area (Å²) >= 11 is 1.10. The highest BCUT2D eigenvalue weighted by molar-refractivity contribution is 7.98. The predicted octanol–water partition coefficient (Wildman–Crippen LogP) is 3.31. The van der Waals surface area contributed by atoms with E-state index < -0.39 is 11.8 Å². The van der Waals surface area contributed by atoms with E-state index in [1.54, 1.807) is 13.2 Å². The molecule has 0 unspecified atom stereocenters. The van der Waals surface area contributed by atoms with Crippen molar-refractivity contribution in [3.63, 3.8) is 0 Å². The molecule has 0 aliphatic carbocycles. The molecule has 0 aliphatic rings. The third-order valence-electron chi connectivity index (χ3n) is 1.36. The van der Waals surface area contributed by atoms with Gasteiger partial charge in [0.2, 0.25) is 5.82 Å². The minimum absolute atomic E-state index is 0.181. The van der Waals surface area contributed by atoms with E-state index in [2.05, 4.69) is 11.0 Å². The highest BCUT2D eigenvalue weighted by atomic mass is 32.2. The van der Waals surface area contributed by atoms with Gasteiger partial charge in [-0.2, -0.15) is 8.78 Å². The first kappa shape index (κ1) is 9.32. The fraction of sp³-hybridized carbons (Fsp3) is 0.250. The molecule has 1 rings (SSSR count). The van der Waals surface area contributed by atoms with Crippen LogP contribution in [0.25, 0.3) is 5.57 Å². The van der Waals surface area contributed by atoms with Crippen LogP contribution >= 0.6 is 11.8 Å². The van der Waals surface area contributed by atoms with E-state index in [1.165, 1.54) is 0 Å². The summed E-state index contributed by atoms with van der Waals surface area (Å²) in [5.74, 6) is -0.738. The molecule has 0 N–H and O–H groups in total. The van der Waals surface area contributed by atoms with Crippen molar-refractivity contribution in [1.82, 2.24) is 0 Å². The van der Waals surface area contributed by atoms with Crippen LogP contribution in [0.2, 0.25) is 0 Å². The fourth-order valence-corrected chi connectivity index (χ4v) is 1.49. The summed E-state index contributed by atoms with van der Waals surface area (Å²) in [5.41, 5.74) is 0.516. The standard InChI is InChI=1S/C8H8F2OS/c1-4(2)6-7(12-3)5(9)8(10)11-6/h1H2,2-3H3. The molecule has 1 heterocycles. The van der Waals surface area contributed by atoms with Gasteiger partial charge in [0.15, 0.2) is 0 Å². The molecular formula is C8H8F2OS. The Morgan fingerprint density at radius 1 is 1.50 bits per heavy atom. The van der Waals surface area contributed by atoms with E-state index in [0.29, 0.717) is 5.57 Å². The third-order valence-corrected chi connectivity index (χ3v) is 2.13. The van der Waals surface area contributed by atoms with Crippen molar-refractivity contribution in [1.29, 1.82) is 0 Å². The maximum absolute atomic E-state index is 12.9. The molecule has 66 valence electrons. The molecule has 4 heteroatoms. The highest BCUT2D eigenvalue weighted by Crippen LogP contribution is 2.31. The average Bonchev–Trinajstić information content (AvgIpc) is 2.29. The fourth-order valence-electron chi connectivity index (χ4n) is 0.833. The topological polar surface area (TPSA) is 13.1 Å². The van der Waals surface area contributed by atoms with Crippen LogP contribution < -0.4 is 0 Å². The van der Waals surface area contributed by atoms with Crippen LogP contribution in [0.4, 0.5) is 8.78 Å². The lowest BCUT2D eigenvalue weighted by Gasteiger charge is -1.95. The van der Waals surface area contributed by atoms with Crippen LogP contribution in [-0.2, 0) is 0 Å². The Kier molecular flexibility index (Phi) is 2.57. The van der Waals surface area contributed by atoms with E-state index in [9.17, 15) is 8.78 Å². The van der Waals surface area contributed by atoms with Crippen molar-refractivity contribution in [2.24, 2.45) is 0 Å². The van der Waals surface area contributed by atoms with Crippen LogP contribution in [-0.4, -0.2) is 6.26 Å². The summed E-state index contributed by atoms with van der Waals surface area (Å²) in [6.45, 7) is 5.18. The van der Waals surface area contributed by atoms with Gasteiger partial charge < -0.3 is 4.42 Å². The van der Waals surface area contributed by atoms with Crippen molar-refractivity contribution >= 4 is 17.3 Å². The Morgan fingerprint density at radius 3 is 2.42 bits per heavy atom. The van der Waals surface area contributed by atoms with E-state index in [0.717, 1.165) is 11.8 Å². The second-order valence-electron chi connectivity index (χ2n) is 2.33. The molecule has 0 saturated heterocycles. The number of thioether (sulfide) groups is 1. The average molecular weight is 190 g/mol. The molecule has 0 aromatic carbocycles. The van der Waals surface area contributed by atoms with Gasteiger partial charge in [0.1, 0.15) is 5.76 Å². The van der Waals surface area contributed by atoms with E-state index in [-0.39, 0.29) is 10.7 Å². The van der Waals surface area contributed by atoms with Crippen LogP contribution in [0, 0.1) is 11.8 Å². The molecule has 0 bridgehead atoms. The van der Waals surface area contributed by atoms with Gasteiger partial charge in [-0.05, 0) is 18.8 Å². The second kappa shape index (κ2) is 3.31. The molecule has 1 aromatic rings. The van der Waals surface area contributed by atoms with Gasteiger partial charge in [-0.25, -0.2) is 0 Å². The van der Waals surface area contributed by atoms with Gasteiger partial charge >= 0.3 is 6.01 Å². The van der Waals surface area contributed by atoms with Crippen molar-refractivity contribution in [3.05, 3.63) is 24.2 Å². The summed E-state index contributed by atoms with van der Waals surface area (Å²) in [7, 11) is 0. The van der Waals surface area contributed by atoms with Gasteiger partial charge in [0, 0.05) is 0 Å². The van der Waals surface area contributed by atoms with E-state index in [1.807, 2.05) is 0 Å². The molecule has 1 nitrogen and oxygen atoms in total. The molecule has 0 spiro atoms. The number of hydrogen-bond acceptors (Lipinski definition) is 2. The maximum Gasteiger partial charge on any atom is 0.316 e. The minimum atomic E-state index is -1.17. The van der Waals surface area contributed by atoms with Crippen molar-refractivity contribution in [2.75, 3.05) is 6.26 Å². The number of rotatable bonds is 2. The summed E-state index contributed by atoms with van der Waals surface area (Å²) in [6, 6.07) is -1.17. The molecule has 0 aliphatic heterocycles. The molecule has 12 heavy (non-hydrogen) atoms. The summed E-state index contributed by atoms with van der Waals surface area (Å²) < 4.78 is 29.9. The van der Waals surface area contributed by atoms with Crippen LogP contribution in [0.3, 0.4) is 0 Å². The summed E-state index contributed by atoms with van der Waals surface area (Å²) in [5, 5.41) is 0. The molecule has 0 fully saturated rings. The first-order valence-electron chi connectivity index (χ1n) is 3.25. The molecular weight excluding hydrogens is 182 g/mol. The predicted molar refractivity (Wildman–Crippen MR) is 45.1 cm³/mol. The van der Waals surface area contributed by atoms with E-state index in [4.69, 9.17) is 0 Å². The number of hydrogen-bond donors (Lipinski definition) is 0. The first-order chi connectivity index (χ1) is 5.57. The Hall–Kier alpha value is -0.770. The van der Waals surface area contributed by atoms with Gasteiger partial charge in [0.05, 0.1) is 4.90 Å². The van der Waals surface area contributed by atoms with Crippen molar-refractivity contribution < 1.29 is 13.2 Å². The Labute approximate surface area is 73.5 Å². The zero-order chi connectivity index (χ0) is 9.30.